The highest BCUT2D eigenvalue weighted by molar-refractivity contribution is 6.21. The van der Waals surface area contributed by atoms with E-state index in [4.69, 9.17) is 5.79 Å². The number of hydrogen-bond acceptors (Lipinski definition) is 1. The van der Waals surface area contributed by atoms with E-state index < -0.39 is 0 Å². The Morgan fingerprint density at radius 3 is 1.60 bits per heavy atom. The van der Waals surface area contributed by atoms with E-state index in [1.807, 2.05) is 24.3 Å². The molecule has 1 heteroatoms. The minimum atomic E-state index is 0.536. The Labute approximate surface area is 292 Å². The Morgan fingerprint density at radius 1 is 0.420 bits per heavy atom. The molecule has 0 amide bonds. The van der Waals surface area contributed by atoms with Crippen molar-refractivity contribution in [2.24, 2.45) is 0 Å². The monoisotopic (exact) mass is 637 g/mol. The number of fused-ring (bicyclic) bond motifs is 6. The van der Waals surface area contributed by atoms with Crippen LogP contribution in [-0.4, -0.2) is 0 Å². The average molecular weight is 638 g/mol. The summed E-state index contributed by atoms with van der Waals surface area (Å²) in [5.74, 6) is 0. The van der Waals surface area contributed by atoms with Gasteiger partial charge in [0.15, 0.2) is 0 Å². The molecule has 0 N–H and O–H groups in total. The summed E-state index contributed by atoms with van der Waals surface area (Å²) in [6, 6.07) is 61.3. The van der Waals surface area contributed by atoms with Crippen molar-refractivity contribution in [3.63, 3.8) is 0 Å². The molecule has 10 aromatic rings. The van der Waals surface area contributed by atoms with E-state index in [1.165, 1.54) is 71.4 Å². The Bertz CT molecular complexity index is 2910. The highest BCUT2D eigenvalue weighted by Crippen LogP contribution is 2.45. The van der Waals surface area contributed by atoms with Gasteiger partial charge >= 0.3 is 0 Å². The quantitative estimate of drug-likeness (QED) is 0.175. The maximum atomic E-state index is 7.96. The van der Waals surface area contributed by atoms with Crippen LogP contribution in [0.2, 0.25) is 0 Å². The summed E-state index contributed by atoms with van der Waals surface area (Å²) in [6.07, 6.45) is 0. The molecular weight excluding hydrogens is 605 g/mol. The predicted octanol–water partition coefficient (Wildman–Crippen LogP) is 14.0. The Balaban J connectivity index is 1.10. The van der Waals surface area contributed by atoms with Gasteiger partial charge in [0.25, 0.3) is 0 Å². The van der Waals surface area contributed by atoms with Crippen LogP contribution in [0.1, 0.15) is 6.93 Å². The average Bonchev–Trinajstić information content (AvgIpc) is 3.58. The van der Waals surface area contributed by atoms with Crippen LogP contribution in [-0.2, 0) is 0 Å². The van der Waals surface area contributed by atoms with Gasteiger partial charge in [-0.2, -0.15) is 0 Å². The lowest BCUT2D eigenvalue weighted by Crippen LogP contribution is -1.91. The lowest BCUT2D eigenvalue weighted by molar-refractivity contribution is 0.666. The number of hydrogen-bond donors (Lipinski definition) is 0. The number of benzene rings is 9. The summed E-state index contributed by atoms with van der Waals surface area (Å²) < 4.78 is 14.3. The van der Waals surface area contributed by atoms with Gasteiger partial charge in [-0.15, -0.1) is 0 Å². The van der Waals surface area contributed by atoms with Gasteiger partial charge in [-0.25, -0.2) is 0 Å². The first-order valence-electron chi connectivity index (χ1n) is 17.7. The van der Waals surface area contributed by atoms with Gasteiger partial charge in [-0.3, -0.25) is 0 Å². The lowest BCUT2D eigenvalue weighted by atomic mass is 9.85. The molecule has 1 nitrogen and oxygen atoms in total. The van der Waals surface area contributed by atoms with E-state index in [2.05, 4.69) is 153 Å². The maximum absolute atomic E-state index is 7.96. The normalized spacial score (nSPS) is 12.0. The van der Waals surface area contributed by atoms with Gasteiger partial charge in [0.1, 0.15) is 11.2 Å². The smallest absolute Gasteiger partial charge is 0.138 e. The van der Waals surface area contributed by atoms with E-state index >= 15 is 0 Å². The number of para-hydroxylation sites is 1. The van der Waals surface area contributed by atoms with Crippen molar-refractivity contribution in [2.45, 2.75) is 6.92 Å². The molecule has 0 aliphatic carbocycles. The molecule has 0 atom stereocenters. The van der Waals surface area contributed by atoms with Crippen LogP contribution in [0.25, 0.3) is 98.8 Å². The van der Waals surface area contributed by atoms with Crippen LogP contribution in [0.15, 0.2) is 180 Å². The van der Waals surface area contributed by atoms with Gasteiger partial charge in [0.05, 0.1) is 1.37 Å². The highest BCUT2D eigenvalue weighted by atomic mass is 16.3. The third-order valence-corrected chi connectivity index (χ3v) is 10.3. The third kappa shape index (κ3) is 4.48. The van der Waals surface area contributed by atoms with E-state index in [-0.39, 0.29) is 0 Å². The summed E-state index contributed by atoms with van der Waals surface area (Å²) in [6.45, 7) is 2.12. The first-order chi connectivity index (χ1) is 25.1. The summed E-state index contributed by atoms with van der Waals surface area (Å²) in [7, 11) is 0. The van der Waals surface area contributed by atoms with Crippen molar-refractivity contribution in [3.8, 4) is 44.5 Å². The largest absolute Gasteiger partial charge is 0.456 e. The van der Waals surface area contributed by atoms with Gasteiger partial charge in [0, 0.05) is 10.8 Å². The number of furan rings is 1. The van der Waals surface area contributed by atoms with Gasteiger partial charge in [-0.05, 0) is 101 Å². The molecule has 0 saturated carbocycles. The fraction of sp³-hybridized carbons (Fsp3) is 0.0204. The molecule has 0 saturated heterocycles. The van der Waals surface area contributed by atoms with Crippen molar-refractivity contribution in [2.75, 3.05) is 0 Å². The molecule has 50 heavy (non-hydrogen) atoms. The molecule has 0 aliphatic rings. The SMILES string of the molecule is [2H]c1ccc2cc(-c3ccc(-c4c5ccccc5c(-c5ccc(-c6ccc(C)c7oc8ccccc8c67)cc5)c5ccccc45)cc3)ccc2c1. The molecule has 234 valence electrons. The summed E-state index contributed by atoms with van der Waals surface area (Å²) >= 11 is 0. The third-order valence-electron chi connectivity index (χ3n) is 10.3. The van der Waals surface area contributed by atoms with Crippen molar-refractivity contribution in [1.82, 2.24) is 0 Å². The van der Waals surface area contributed by atoms with Crippen molar-refractivity contribution >= 4 is 54.3 Å². The van der Waals surface area contributed by atoms with Crippen LogP contribution in [0.5, 0.6) is 0 Å². The van der Waals surface area contributed by atoms with E-state index in [9.17, 15) is 0 Å². The molecule has 0 radical (unpaired) electrons. The number of rotatable bonds is 4. The molecule has 1 aromatic heterocycles. The van der Waals surface area contributed by atoms with E-state index in [1.54, 1.807) is 0 Å². The van der Waals surface area contributed by atoms with Crippen molar-refractivity contribution in [3.05, 3.63) is 181 Å². The Kier molecular flexibility index (Phi) is 6.23. The molecule has 0 fully saturated rings. The molecule has 0 unspecified atom stereocenters. The second-order valence-corrected chi connectivity index (χ2v) is 13.2. The van der Waals surface area contributed by atoms with E-state index in [0.717, 1.165) is 32.9 Å². The minimum Gasteiger partial charge on any atom is -0.456 e. The van der Waals surface area contributed by atoms with Gasteiger partial charge in [-0.1, -0.05) is 164 Å². The zero-order valence-electron chi connectivity index (χ0n) is 28.6. The van der Waals surface area contributed by atoms with Crippen LogP contribution < -0.4 is 0 Å². The van der Waals surface area contributed by atoms with Crippen LogP contribution in [0.4, 0.5) is 0 Å². The second kappa shape index (κ2) is 11.3. The number of aryl methyl sites for hydroxylation is 1. The molecule has 0 aliphatic heterocycles. The molecular formula is C49H32O. The van der Waals surface area contributed by atoms with Gasteiger partial charge < -0.3 is 4.42 Å². The molecule has 0 bridgehead atoms. The summed E-state index contributed by atoms with van der Waals surface area (Å²) in [5.41, 5.74) is 12.6. The fourth-order valence-corrected chi connectivity index (χ4v) is 7.90. The first-order valence-corrected chi connectivity index (χ1v) is 17.2. The van der Waals surface area contributed by atoms with E-state index in [0.29, 0.717) is 6.04 Å². The Morgan fingerprint density at radius 2 is 0.960 bits per heavy atom. The highest BCUT2D eigenvalue weighted by Gasteiger charge is 2.18. The van der Waals surface area contributed by atoms with Crippen molar-refractivity contribution < 1.29 is 5.79 Å². The molecule has 9 aromatic carbocycles. The Hall–Kier alpha value is -6.44. The zero-order chi connectivity index (χ0) is 34.1. The maximum Gasteiger partial charge on any atom is 0.138 e. The zero-order valence-corrected chi connectivity index (χ0v) is 27.6. The molecule has 10 rings (SSSR count). The first kappa shape index (κ1) is 27.5. The second-order valence-electron chi connectivity index (χ2n) is 13.2. The summed E-state index contributed by atoms with van der Waals surface area (Å²) in [5, 5.41) is 9.53. The minimum absolute atomic E-state index is 0.536. The van der Waals surface area contributed by atoms with Crippen LogP contribution in [0, 0.1) is 6.92 Å². The molecule has 0 spiro atoms. The van der Waals surface area contributed by atoms with Crippen molar-refractivity contribution in [1.29, 1.82) is 0 Å². The van der Waals surface area contributed by atoms with Crippen LogP contribution in [0.3, 0.4) is 0 Å². The fourth-order valence-electron chi connectivity index (χ4n) is 7.90. The van der Waals surface area contributed by atoms with Gasteiger partial charge in [0.2, 0.25) is 0 Å². The molecule has 1 heterocycles. The van der Waals surface area contributed by atoms with Crippen LogP contribution >= 0.6 is 0 Å². The summed E-state index contributed by atoms with van der Waals surface area (Å²) in [4.78, 5) is 0. The topological polar surface area (TPSA) is 13.1 Å². The lowest BCUT2D eigenvalue weighted by Gasteiger charge is -2.18. The predicted molar refractivity (Wildman–Crippen MR) is 213 cm³/mol. The standard InChI is InChI=1S/C49H32O/c1-31-18-29-39(48-44-16-8-9-17-45(44)50-49(31)48)34-22-26-36(27-23-34)47-42-14-6-4-12-40(42)46(41-13-5-7-15-43(41)47)35-24-19-33(20-25-35)38-28-21-32-10-2-3-11-37(32)30-38/h2-30H,1H3/i2D.